The van der Waals surface area contributed by atoms with E-state index >= 15 is 0 Å². The molecule has 1 aromatic rings. The summed E-state index contributed by atoms with van der Waals surface area (Å²) in [6.45, 7) is 8.60. The van der Waals surface area contributed by atoms with Crippen molar-refractivity contribution in [2.75, 3.05) is 44.7 Å². The normalized spacial score (nSPS) is 23.6. The van der Waals surface area contributed by atoms with Crippen LogP contribution in [0.4, 0.5) is 5.69 Å². The third-order valence-corrected chi connectivity index (χ3v) is 7.17. The minimum Gasteiger partial charge on any atom is -0.495 e. The summed E-state index contributed by atoms with van der Waals surface area (Å²) in [6.07, 6.45) is 3.28. The molecule has 0 saturated carbocycles. The average molecular weight is 424 g/mol. The van der Waals surface area contributed by atoms with Crippen LogP contribution in [0.3, 0.4) is 0 Å². The number of methoxy groups -OCH3 is 1. The van der Waals surface area contributed by atoms with E-state index < -0.39 is 10.0 Å². The molecule has 1 amide bonds. The topological polar surface area (TPSA) is 79.0 Å². The van der Waals surface area contributed by atoms with Gasteiger partial charge in [-0.15, -0.1) is 0 Å². The number of piperidine rings is 1. The van der Waals surface area contributed by atoms with Crippen molar-refractivity contribution in [1.82, 2.24) is 9.62 Å². The van der Waals surface area contributed by atoms with Crippen molar-refractivity contribution in [3.63, 3.8) is 0 Å². The second-order valence-electron chi connectivity index (χ2n) is 8.44. The lowest BCUT2D eigenvalue weighted by atomic mass is 9.92. The van der Waals surface area contributed by atoms with Gasteiger partial charge in [0, 0.05) is 32.6 Å². The zero-order valence-corrected chi connectivity index (χ0v) is 18.5. The Morgan fingerprint density at radius 2 is 1.93 bits per heavy atom. The summed E-state index contributed by atoms with van der Waals surface area (Å²) >= 11 is 0. The molecule has 2 aliphatic rings. The fraction of sp³-hybridized carbons (Fsp3) is 0.667. The Balaban J connectivity index is 1.61. The Morgan fingerprint density at radius 3 is 2.55 bits per heavy atom. The van der Waals surface area contributed by atoms with E-state index in [0.29, 0.717) is 42.8 Å². The van der Waals surface area contributed by atoms with Crippen LogP contribution in [0.25, 0.3) is 0 Å². The molecular formula is C21H33N3O4S. The van der Waals surface area contributed by atoms with Crippen molar-refractivity contribution in [3.8, 4) is 5.75 Å². The third-order valence-electron chi connectivity index (χ3n) is 5.71. The van der Waals surface area contributed by atoms with Crippen LogP contribution in [0.2, 0.25) is 0 Å². The molecule has 2 saturated heterocycles. The maximum absolute atomic E-state index is 12.8. The number of anilines is 1. The van der Waals surface area contributed by atoms with Crippen LogP contribution in [0.1, 0.15) is 39.5 Å². The van der Waals surface area contributed by atoms with E-state index in [2.05, 4.69) is 23.5 Å². The summed E-state index contributed by atoms with van der Waals surface area (Å²) < 4.78 is 33.6. The molecule has 7 nitrogen and oxygen atoms in total. The molecule has 0 spiro atoms. The zero-order valence-electron chi connectivity index (χ0n) is 17.7. The zero-order chi connectivity index (χ0) is 21.0. The minimum atomic E-state index is -3.64. The van der Waals surface area contributed by atoms with Crippen LogP contribution in [-0.2, 0) is 14.8 Å². The monoisotopic (exact) mass is 423 g/mol. The molecule has 0 aliphatic carbocycles. The average Bonchev–Trinajstić information content (AvgIpc) is 3.09. The van der Waals surface area contributed by atoms with Crippen molar-refractivity contribution in [1.29, 1.82) is 0 Å². The molecule has 2 atom stereocenters. The van der Waals surface area contributed by atoms with Crippen molar-refractivity contribution in [2.24, 2.45) is 11.8 Å². The first kappa shape index (κ1) is 22.1. The number of benzene rings is 1. The molecule has 2 fully saturated rings. The Morgan fingerprint density at radius 1 is 1.21 bits per heavy atom. The van der Waals surface area contributed by atoms with Gasteiger partial charge in [0.1, 0.15) is 5.75 Å². The van der Waals surface area contributed by atoms with Crippen LogP contribution in [-0.4, -0.2) is 59.1 Å². The van der Waals surface area contributed by atoms with Gasteiger partial charge in [-0.2, -0.15) is 0 Å². The predicted molar refractivity (Wildman–Crippen MR) is 114 cm³/mol. The number of rotatable bonds is 8. The Bertz CT molecular complexity index is 817. The Hall–Kier alpha value is -1.64. The summed E-state index contributed by atoms with van der Waals surface area (Å²) in [4.78, 5) is 16.3. The first-order valence-electron chi connectivity index (χ1n) is 10.5. The first-order valence-corrected chi connectivity index (χ1v) is 12.0. The highest BCUT2D eigenvalue weighted by atomic mass is 32.2. The fourth-order valence-electron chi connectivity index (χ4n) is 4.52. The molecular weight excluding hydrogens is 390 g/mol. The van der Waals surface area contributed by atoms with Gasteiger partial charge in [0.15, 0.2) is 0 Å². The molecule has 8 heteroatoms. The number of hydrogen-bond donors (Lipinski definition) is 1. The quantitative estimate of drug-likeness (QED) is 0.650. The molecule has 1 N–H and O–H groups in total. The molecule has 162 valence electrons. The van der Waals surface area contributed by atoms with Gasteiger partial charge in [-0.05, 0) is 55.8 Å². The highest BCUT2D eigenvalue weighted by Gasteiger charge is 2.27. The van der Waals surface area contributed by atoms with Crippen LogP contribution in [0.5, 0.6) is 5.75 Å². The lowest BCUT2D eigenvalue weighted by Crippen LogP contribution is -2.40. The van der Waals surface area contributed by atoms with Crippen LogP contribution in [0.15, 0.2) is 23.1 Å². The summed E-state index contributed by atoms with van der Waals surface area (Å²) in [5.74, 6) is 1.89. The smallest absolute Gasteiger partial charge is 0.240 e. The molecule has 1 aromatic carbocycles. The minimum absolute atomic E-state index is 0.00389. The van der Waals surface area contributed by atoms with E-state index in [-0.39, 0.29) is 10.8 Å². The lowest BCUT2D eigenvalue weighted by molar-refractivity contribution is -0.117. The van der Waals surface area contributed by atoms with Crippen LogP contribution >= 0.6 is 0 Å². The molecule has 2 aliphatic heterocycles. The predicted octanol–water partition coefficient (Wildman–Crippen LogP) is 2.47. The van der Waals surface area contributed by atoms with Crippen molar-refractivity contribution < 1.29 is 17.9 Å². The second-order valence-corrected chi connectivity index (χ2v) is 10.2. The number of nitrogens with one attached hydrogen (secondary N) is 1. The maximum atomic E-state index is 12.8. The molecule has 0 bridgehead atoms. The Kier molecular flexibility index (Phi) is 7.19. The molecule has 3 rings (SSSR count). The van der Waals surface area contributed by atoms with E-state index in [1.807, 2.05) is 0 Å². The van der Waals surface area contributed by atoms with E-state index in [9.17, 15) is 13.2 Å². The number of likely N-dealkylation sites (tertiary alicyclic amines) is 1. The van der Waals surface area contributed by atoms with E-state index in [0.717, 1.165) is 32.5 Å². The van der Waals surface area contributed by atoms with Gasteiger partial charge in [-0.1, -0.05) is 13.8 Å². The highest BCUT2D eigenvalue weighted by molar-refractivity contribution is 7.89. The van der Waals surface area contributed by atoms with E-state index in [1.54, 1.807) is 17.0 Å². The molecule has 0 unspecified atom stereocenters. The summed E-state index contributed by atoms with van der Waals surface area (Å²) in [5, 5.41) is 0. The molecule has 0 aromatic heterocycles. The number of sulfonamides is 1. The number of carbonyl (C=O) groups excluding carboxylic acids is 1. The number of hydrogen-bond acceptors (Lipinski definition) is 5. The number of nitrogens with zero attached hydrogens (tertiary/aromatic N) is 2. The van der Waals surface area contributed by atoms with Crippen molar-refractivity contribution in [2.45, 2.75) is 44.4 Å². The summed E-state index contributed by atoms with van der Waals surface area (Å²) in [5.41, 5.74) is 0.522. The van der Waals surface area contributed by atoms with Gasteiger partial charge in [0.05, 0.1) is 17.7 Å². The van der Waals surface area contributed by atoms with Gasteiger partial charge < -0.3 is 14.5 Å². The molecule has 2 heterocycles. The number of amides is 1. The van der Waals surface area contributed by atoms with Crippen molar-refractivity contribution >= 4 is 21.6 Å². The van der Waals surface area contributed by atoms with Crippen LogP contribution in [0, 0.1) is 11.8 Å². The maximum Gasteiger partial charge on any atom is 0.240 e. The number of ether oxygens (including phenoxy) is 1. The van der Waals surface area contributed by atoms with Crippen LogP contribution < -0.4 is 14.4 Å². The molecule has 29 heavy (non-hydrogen) atoms. The van der Waals surface area contributed by atoms with Gasteiger partial charge in [0.25, 0.3) is 0 Å². The third kappa shape index (κ3) is 5.49. The lowest BCUT2D eigenvalue weighted by Gasteiger charge is -2.34. The summed E-state index contributed by atoms with van der Waals surface area (Å²) in [7, 11) is -2.12. The standard InChI is InChI=1S/C21H33N3O4S/c1-16-12-17(2)15-23(14-16)10-5-9-22-29(26,27)18-7-8-20(28-3)19(13-18)24-11-4-6-21(24)25/h7-8,13,16-17,22H,4-6,9-12,14-15H2,1-3H3/t16-,17-/m0/s1. The second kappa shape index (κ2) is 9.45. The SMILES string of the molecule is COc1ccc(S(=O)(=O)NCCCN2C[C@@H](C)C[C@H](C)C2)cc1N1CCCC1=O. The molecule has 0 radical (unpaired) electrons. The fourth-order valence-corrected chi connectivity index (χ4v) is 5.61. The van der Waals surface area contributed by atoms with Gasteiger partial charge in [0.2, 0.25) is 15.9 Å². The van der Waals surface area contributed by atoms with Gasteiger partial charge >= 0.3 is 0 Å². The number of carbonyl (C=O) groups is 1. The highest BCUT2D eigenvalue weighted by Crippen LogP contribution is 2.33. The Labute approximate surface area is 174 Å². The largest absolute Gasteiger partial charge is 0.495 e. The van der Waals surface area contributed by atoms with E-state index in [1.165, 1.54) is 19.6 Å². The summed E-state index contributed by atoms with van der Waals surface area (Å²) in [6, 6.07) is 4.68. The first-order chi connectivity index (χ1) is 13.8. The van der Waals surface area contributed by atoms with Gasteiger partial charge in [-0.3, -0.25) is 4.79 Å². The van der Waals surface area contributed by atoms with Gasteiger partial charge in [-0.25, -0.2) is 13.1 Å². The van der Waals surface area contributed by atoms with E-state index in [4.69, 9.17) is 4.74 Å². The van der Waals surface area contributed by atoms with Crippen molar-refractivity contribution in [3.05, 3.63) is 18.2 Å².